The van der Waals surface area contributed by atoms with Crippen molar-refractivity contribution >= 4 is 25.7 Å². The first-order valence-electron chi connectivity index (χ1n) is 6.94. The minimum atomic E-state index is -4.44. The Labute approximate surface area is 144 Å². The molecule has 128 valence electrons. The minimum Gasteiger partial charge on any atom is -0.263 e. The number of hydrogen-bond acceptors (Lipinski definition) is 7. The fraction of sp³-hybridized carbons (Fsp3) is 0. The van der Waals surface area contributed by atoms with E-state index < -0.39 is 20.0 Å². The molecule has 3 aromatic rings. The summed E-state index contributed by atoms with van der Waals surface area (Å²) in [5.41, 5.74) is -0.116. The van der Waals surface area contributed by atoms with Crippen LogP contribution in [-0.4, -0.2) is 31.8 Å². The predicted molar refractivity (Wildman–Crippen MR) is 89.6 cm³/mol. The molecule has 0 radical (unpaired) electrons. The van der Waals surface area contributed by atoms with Gasteiger partial charge in [0.25, 0.3) is 20.0 Å². The molecular weight excluding hydrogens is 364 g/mol. The maximum absolute atomic E-state index is 13.0. The van der Waals surface area contributed by atoms with Crippen LogP contribution in [0, 0.1) is 0 Å². The van der Waals surface area contributed by atoms with Gasteiger partial charge in [-0.05, 0) is 36.4 Å². The Morgan fingerprint density at radius 2 is 1.08 bits per heavy atom. The van der Waals surface area contributed by atoms with E-state index in [1.807, 2.05) is 0 Å². The number of nitrogens with zero attached hydrogens (tertiary/aromatic N) is 4. The molecule has 0 saturated carbocycles. The van der Waals surface area contributed by atoms with Gasteiger partial charge in [0.15, 0.2) is 0 Å². The Hall–Kier alpha value is -2.85. The first-order chi connectivity index (χ1) is 11.9. The summed E-state index contributed by atoms with van der Waals surface area (Å²) in [6.45, 7) is 0. The van der Waals surface area contributed by atoms with Gasteiger partial charge in [0.2, 0.25) is 0 Å². The van der Waals surface area contributed by atoms with Crippen LogP contribution in [0.4, 0.5) is 5.69 Å². The Balaban J connectivity index is 2.26. The van der Waals surface area contributed by atoms with Gasteiger partial charge in [-0.1, -0.05) is 0 Å². The third kappa shape index (κ3) is 3.21. The molecule has 0 aliphatic carbocycles. The normalized spacial score (nSPS) is 11.8. The average molecular weight is 376 g/mol. The van der Waals surface area contributed by atoms with Crippen LogP contribution in [0.5, 0.6) is 0 Å². The lowest BCUT2D eigenvalue weighted by atomic mass is 10.4. The van der Waals surface area contributed by atoms with Gasteiger partial charge in [-0.2, -0.15) is 20.5 Å². The van der Waals surface area contributed by atoms with E-state index in [2.05, 4.69) is 15.0 Å². The summed E-state index contributed by atoms with van der Waals surface area (Å²) < 4.78 is 52.4. The molecule has 0 aliphatic heterocycles. The lowest BCUT2D eigenvalue weighted by Crippen LogP contribution is -2.37. The van der Waals surface area contributed by atoms with Crippen LogP contribution in [0.1, 0.15) is 0 Å². The number of rotatable bonds is 5. The Bertz CT molecular complexity index is 989. The van der Waals surface area contributed by atoms with Crippen molar-refractivity contribution in [2.45, 2.75) is 9.79 Å². The van der Waals surface area contributed by atoms with Crippen LogP contribution >= 0.6 is 0 Å². The average Bonchev–Trinajstić information content (AvgIpc) is 2.64. The third-order valence-corrected chi connectivity index (χ3v) is 7.30. The van der Waals surface area contributed by atoms with Crippen molar-refractivity contribution in [3.8, 4) is 0 Å². The van der Waals surface area contributed by atoms with Crippen molar-refractivity contribution in [2.24, 2.45) is 0 Å². The topological polar surface area (TPSA) is 110 Å². The van der Waals surface area contributed by atoms with Crippen molar-refractivity contribution < 1.29 is 16.8 Å². The molecule has 0 fully saturated rings. The van der Waals surface area contributed by atoms with Crippen LogP contribution in [-0.2, 0) is 20.0 Å². The number of anilines is 1. The van der Waals surface area contributed by atoms with Crippen molar-refractivity contribution in [2.75, 3.05) is 3.71 Å². The van der Waals surface area contributed by atoms with Crippen molar-refractivity contribution in [1.29, 1.82) is 0 Å². The Kier molecular flexibility index (Phi) is 4.47. The molecule has 0 spiro atoms. The standard InChI is InChI=1S/C15H12N4O4S2/c20-24(21,14-5-2-8-17-11-14)19(13-4-1-7-16-10-13)25(22,23)15-6-3-9-18-12-15/h1-12H. The van der Waals surface area contributed by atoms with Crippen LogP contribution in [0.15, 0.2) is 83.4 Å². The van der Waals surface area contributed by atoms with Gasteiger partial charge >= 0.3 is 0 Å². The van der Waals surface area contributed by atoms with E-state index in [1.54, 1.807) is 0 Å². The summed E-state index contributed by atoms with van der Waals surface area (Å²) in [5.74, 6) is 0. The first-order valence-corrected chi connectivity index (χ1v) is 9.83. The van der Waals surface area contributed by atoms with Gasteiger partial charge in [-0.25, -0.2) is 0 Å². The maximum Gasteiger partial charge on any atom is 0.279 e. The zero-order valence-electron chi connectivity index (χ0n) is 12.7. The molecule has 0 N–H and O–H groups in total. The molecule has 0 unspecified atom stereocenters. The van der Waals surface area contributed by atoms with Crippen molar-refractivity contribution in [3.63, 3.8) is 0 Å². The molecule has 3 rings (SSSR count). The molecule has 0 saturated heterocycles. The minimum absolute atomic E-state index is 0.116. The van der Waals surface area contributed by atoms with E-state index in [-0.39, 0.29) is 15.5 Å². The van der Waals surface area contributed by atoms with Gasteiger partial charge in [-0.3, -0.25) is 15.0 Å². The molecule has 10 heteroatoms. The van der Waals surface area contributed by atoms with Gasteiger partial charge in [0.1, 0.15) is 9.79 Å². The first kappa shape index (κ1) is 17.0. The number of pyridine rings is 3. The lowest BCUT2D eigenvalue weighted by Gasteiger charge is -2.23. The van der Waals surface area contributed by atoms with Crippen LogP contribution < -0.4 is 3.71 Å². The van der Waals surface area contributed by atoms with Crippen LogP contribution in [0.3, 0.4) is 0 Å². The van der Waals surface area contributed by atoms with E-state index in [1.165, 1.54) is 55.0 Å². The fourth-order valence-corrected chi connectivity index (χ4v) is 5.65. The van der Waals surface area contributed by atoms with Crippen LogP contribution in [0.2, 0.25) is 0 Å². The van der Waals surface area contributed by atoms with E-state index in [0.29, 0.717) is 3.71 Å². The molecular formula is C15H12N4O4S2. The lowest BCUT2D eigenvalue weighted by molar-refractivity contribution is 0.583. The number of aromatic nitrogens is 3. The predicted octanol–water partition coefficient (Wildman–Crippen LogP) is 1.46. The highest BCUT2D eigenvalue weighted by Gasteiger charge is 2.37. The second-order valence-electron chi connectivity index (χ2n) is 4.80. The summed E-state index contributed by atoms with van der Waals surface area (Å²) in [5, 5.41) is 0. The monoisotopic (exact) mass is 376 g/mol. The molecule has 25 heavy (non-hydrogen) atoms. The largest absolute Gasteiger partial charge is 0.279 e. The summed E-state index contributed by atoms with van der Waals surface area (Å²) in [6.07, 6.45) is 7.51. The van der Waals surface area contributed by atoms with Gasteiger partial charge < -0.3 is 0 Å². The molecule has 3 heterocycles. The number of hydrogen-bond donors (Lipinski definition) is 0. The fourth-order valence-electron chi connectivity index (χ4n) is 2.06. The maximum atomic E-state index is 13.0. The molecule has 0 aromatic carbocycles. The Morgan fingerprint density at radius 1 is 0.640 bits per heavy atom. The molecule has 0 aliphatic rings. The highest BCUT2D eigenvalue weighted by molar-refractivity contribution is 8.10. The van der Waals surface area contributed by atoms with E-state index in [0.717, 1.165) is 18.6 Å². The van der Waals surface area contributed by atoms with E-state index >= 15 is 0 Å². The van der Waals surface area contributed by atoms with Crippen LogP contribution in [0.25, 0.3) is 0 Å². The van der Waals surface area contributed by atoms with Gasteiger partial charge in [0, 0.05) is 31.0 Å². The zero-order chi connectivity index (χ0) is 17.9. The zero-order valence-corrected chi connectivity index (χ0v) is 14.3. The smallest absolute Gasteiger partial charge is 0.263 e. The summed E-state index contributed by atoms with van der Waals surface area (Å²) in [6, 6.07) is 8.14. The molecule has 0 amide bonds. The summed E-state index contributed by atoms with van der Waals surface area (Å²) >= 11 is 0. The van der Waals surface area contributed by atoms with Crippen molar-refractivity contribution in [3.05, 3.63) is 73.6 Å². The SMILES string of the molecule is O=S(=O)(c1cccnc1)N(c1cccnc1)S(=O)(=O)c1cccnc1. The van der Waals surface area contributed by atoms with E-state index in [4.69, 9.17) is 0 Å². The molecule has 8 nitrogen and oxygen atoms in total. The summed E-state index contributed by atoms with van der Waals surface area (Å²) in [7, 11) is -8.89. The van der Waals surface area contributed by atoms with Gasteiger partial charge in [-0.15, -0.1) is 0 Å². The second kappa shape index (κ2) is 6.57. The molecule has 0 atom stereocenters. The highest BCUT2D eigenvalue weighted by atomic mass is 32.3. The highest BCUT2D eigenvalue weighted by Crippen LogP contribution is 2.29. The second-order valence-corrected chi connectivity index (χ2v) is 8.60. The number of sulfonamides is 2. The van der Waals surface area contributed by atoms with E-state index in [9.17, 15) is 16.8 Å². The Morgan fingerprint density at radius 3 is 1.44 bits per heavy atom. The van der Waals surface area contributed by atoms with Gasteiger partial charge in [0.05, 0.1) is 11.9 Å². The molecule has 3 aromatic heterocycles. The third-order valence-electron chi connectivity index (χ3n) is 3.16. The van der Waals surface area contributed by atoms with Crippen molar-refractivity contribution in [1.82, 2.24) is 15.0 Å². The quantitative estimate of drug-likeness (QED) is 0.663. The molecule has 0 bridgehead atoms. The summed E-state index contributed by atoms with van der Waals surface area (Å²) in [4.78, 5) is 10.8.